The van der Waals surface area contributed by atoms with Gasteiger partial charge in [0, 0.05) is 32.5 Å². The van der Waals surface area contributed by atoms with E-state index in [-0.39, 0.29) is 17.0 Å². The summed E-state index contributed by atoms with van der Waals surface area (Å²) in [5.41, 5.74) is 5.39. The molecule has 2 aliphatic heterocycles. The van der Waals surface area contributed by atoms with Crippen molar-refractivity contribution in [2.24, 2.45) is 0 Å². The van der Waals surface area contributed by atoms with E-state index in [2.05, 4.69) is 71.8 Å². The van der Waals surface area contributed by atoms with Gasteiger partial charge in [-0.15, -0.1) is 0 Å². The summed E-state index contributed by atoms with van der Waals surface area (Å²) < 4.78 is 27.8. The van der Waals surface area contributed by atoms with Crippen LogP contribution in [0.5, 0.6) is 5.75 Å². The third-order valence-corrected chi connectivity index (χ3v) is 13.0. The average Bonchev–Trinajstić information content (AvgIpc) is 3.07. The molecule has 0 saturated carbocycles. The Balaban J connectivity index is 1.43. The summed E-state index contributed by atoms with van der Waals surface area (Å²) >= 11 is 0. The highest BCUT2D eigenvalue weighted by atomic mass is 28.4. The molecular weight excluding hydrogens is 549 g/mol. The van der Waals surface area contributed by atoms with Gasteiger partial charge in [-0.2, -0.15) is 0 Å². The zero-order valence-electron chi connectivity index (χ0n) is 25.8. The third kappa shape index (κ3) is 6.41. The van der Waals surface area contributed by atoms with Crippen LogP contribution in [0.25, 0.3) is 0 Å². The molecule has 42 heavy (non-hydrogen) atoms. The Morgan fingerprint density at radius 1 is 1.14 bits per heavy atom. The van der Waals surface area contributed by atoms with Gasteiger partial charge >= 0.3 is 0 Å². The SMILES string of the molecule is COC1Nc2cc(CN3CCC[C@@H](O)C3)ccc2Nc2nccc(Nc3cc(O[Si](C)(C)C(C)(C)C)c(C)cc3F)c21. The first kappa shape index (κ1) is 30.3. The minimum atomic E-state index is -2.13. The van der Waals surface area contributed by atoms with Crippen LogP contribution in [-0.2, 0) is 11.3 Å². The van der Waals surface area contributed by atoms with Crippen molar-refractivity contribution < 1.29 is 18.7 Å². The molecule has 0 bridgehead atoms. The quantitative estimate of drug-likeness (QED) is 0.210. The van der Waals surface area contributed by atoms with Crippen LogP contribution in [0, 0.1) is 12.7 Å². The molecule has 5 rings (SSSR count). The molecule has 2 atom stereocenters. The third-order valence-electron chi connectivity index (χ3n) is 8.70. The van der Waals surface area contributed by atoms with E-state index in [9.17, 15) is 5.11 Å². The van der Waals surface area contributed by atoms with Crippen molar-refractivity contribution in [3.63, 3.8) is 0 Å². The number of benzene rings is 2. The predicted molar refractivity (Wildman–Crippen MR) is 170 cm³/mol. The fraction of sp³-hybridized carbons (Fsp3) is 0.469. The predicted octanol–water partition coefficient (Wildman–Crippen LogP) is 7.43. The zero-order valence-corrected chi connectivity index (χ0v) is 26.8. The van der Waals surface area contributed by atoms with E-state index in [1.807, 2.05) is 19.1 Å². The summed E-state index contributed by atoms with van der Waals surface area (Å²) in [7, 11) is -0.492. The van der Waals surface area contributed by atoms with Gasteiger partial charge in [0.1, 0.15) is 17.4 Å². The second-order valence-electron chi connectivity index (χ2n) is 13.0. The minimum absolute atomic E-state index is 0.0107. The van der Waals surface area contributed by atoms with Crippen molar-refractivity contribution in [2.45, 2.75) is 77.5 Å². The fourth-order valence-electron chi connectivity index (χ4n) is 5.25. The lowest BCUT2D eigenvalue weighted by Crippen LogP contribution is -2.44. The zero-order chi connectivity index (χ0) is 30.2. The smallest absolute Gasteiger partial charge is 0.250 e. The number of pyridine rings is 1. The number of anilines is 5. The number of nitrogens with zero attached hydrogens (tertiary/aromatic N) is 2. The highest BCUT2D eigenvalue weighted by Crippen LogP contribution is 2.43. The van der Waals surface area contributed by atoms with E-state index in [0.29, 0.717) is 29.5 Å². The number of likely N-dealkylation sites (tertiary alicyclic amines) is 1. The van der Waals surface area contributed by atoms with E-state index in [1.165, 1.54) is 6.07 Å². The number of aliphatic hydroxyl groups is 1. The first-order chi connectivity index (χ1) is 19.8. The number of nitrogens with one attached hydrogen (secondary N) is 3. The first-order valence-corrected chi connectivity index (χ1v) is 17.6. The van der Waals surface area contributed by atoms with Gasteiger partial charge in [0.05, 0.1) is 34.4 Å². The number of piperidine rings is 1. The van der Waals surface area contributed by atoms with Gasteiger partial charge in [0.2, 0.25) is 8.32 Å². The number of methoxy groups -OCH3 is 1. The Morgan fingerprint density at radius 2 is 1.93 bits per heavy atom. The lowest BCUT2D eigenvalue weighted by Gasteiger charge is -2.37. The first-order valence-electron chi connectivity index (χ1n) is 14.7. The van der Waals surface area contributed by atoms with Gasteiger partial charge in [0.15, 0.2) is 6.23 Å². The van der Waals surface area contributed by atoms with Crippen LogP contribution in [0.15, 0.2) is 42.6 Å². The Hall–Kier alpha value is -3.18. The Bertz CT molecular complexity index is 1440. The molecule has 0 spiro atoms. The second-order valence-corrected chi connectivity index (χ2v) is 17.7. The number of hydrogen-bond acceptors (Lipinski definition) is 8. The number of halogens is 1. The van der Waals surface area contributed by atoms with Gasteiger partial charge in [-0.05, 0) is 79.8 Å². The molecule has 0 amide bonds. The summed E-state index contributed by atoms with van der Waals surface area (Å²) in [5.74, 6) is 0.946. The van der Waals surface area contributed by atoms with Crippen molar-refractivity contribution in [3.05, 3.63) is 65.1 Å². The van der Waals surface area contributed by atoms with Gasteiger partial charge in [-0.3, -0.25) is 4.90 Å². The van der Waals surface area contributed by atoms with Crippen LogP contribution >= 0.6 is 0 Å². The average molecular weight is 594 g/mol. The van der Waals surface area contributed by atoms with Crippen LogP contribution in [-0.4, -0.2) is 49.6 Å². The van der Waals surface area contributed by atoms with Crippen molar-refractivity contribution in [1.82, 2.24) is 9.88 Å². The molecule has 2 aliphatic rings. The van der Waals surface area contributed by atoms with Gasteiger partial charge in [-0.1, -0.05) is 26.8 Å². The van der Waals surface area contributed by atoms with Crippen molar-refractivity contribution in [3.8, 4) is 5.75 Å². The Morgan fingerprint density at radius 3 is 2.64 bits per heavy atom. The maximum atomic E-state index is 15.3. The molecule has 2 aromatic carbocycles. The van der Waals surface area contributed by atoms with Crippen molar-refractivity contribution in [1.29, 1.82) is 0 Å². The summed E-state index contributed by atoms with van der Waals surface area (Å²) in [6.45, 7) is 15.2. The number of aliphatic hydroxyl groups excluding tert-OH is 1. The lowest BCUT2D eigenvalue weighted by atomic mass is 10.1. The number of hydrogen-bond donors (Lipinski definition) is 4. The minimum Gasteiger partial charge on any atom is -0.543 e. The highest BCUT2D eigenvalue weighted by Gasteiger charge is 2.39. The molecule has 1 unspecified atom stereocenters. The number of aromatic nitrogens is 1. The van der Waals surface area contributed by atoms with E-state index >= 15 is 4.39 Å². The van der Waals surface area contributed by atoms with Crippen LogP contribution in [0.4, 0.5) is 33.0 Å². The van der Waals surface area contributed by atoms with E-state index < -0.39 is 14.5 Å². The maximum absolute atomic E-state index is 15.3. The topological polar surface area (TPSA) is 90.9 Å². The van der Waals surface area contributed by atoms with Crippen molar-refractivity contribution in [2.75, 3.05) is 36.1 Å². The maximum Gasteiger partial charge on any atom is 0.250 e. The molecule has 8 nitrogen and oxygen atoms in total. The van der Waals surface area contributed by atoms with Crippen LogP contribution in [0.1, 0.15) is 56.5 Å². The molecule has 1 fully saturated rings. The van der Waals surface area contributed by atoms with Crippen molar-refractivity contribution >= 4 is 36.9 Å². The molecule has 1 saturated heterocycles. The number of fused-ring (bicyclic) bond motifs is 2. The number of rotatable bonds is 7. The summed E-state index contributed by atoms with van der Waals surface area (Å²) in [5, 5.41) is 20.4. The van der Waals surface area contributed by atoms with Gasteiger partial charge in [0.25, 0.3) is 0 Å². The second kappa shape index (κ2) is 11.8. The monoisotopic (exact) mass is 593 g/mol. The highest BCUT2D eigenvalue weighted by molar-refractivity contribution is 6.74. The molecule has 0 aliphatic carbocycles. The normalized spacial score (nSPS) is 19.2. The molecule has 226 valence electrons. The molecule has 4 N–H and O–H groups in total. The number of β-amino-alcohol motifs (C(OH)–C–C–N with tert-alkyl or cyclic N) is 1. The molecule has 3 aromatic rings. The fourth-order valence-corrected chi connectivity index (χ4v) is 6.32. The Kier molecular flexibility index (Phi) is 8.53. The summed E-state index contributed by atoms with van der Waals surface area (Å²) in [6.07, 6.45) is 2.74. The van der Waals surface area contributed by atoms with Crippen LogP contribution < -0.4 is 20.4 Å². The largest absolute Gasteiger partial charge is 0.543 e. The molecule has 10 heteroatoms. The summed E-state index contributed by atoms with van der Waals surface area (Å²) in [6, 6.07) is 11.3. The van der Waals surface area contributed by atoms with Crippen LogP contribution in [0.3, 0.4) is 0 Å². The van der Waals surface area contributed by atoms with E-state index in [1.54, 1.807) is 19.4 Å². The van der Waals surface area contributed by atoms with Crippen LogP contribution in [0.2, 0.25) is 18.1 Å². The standard InChI is InChI=1S/C32H44FN5O3Si/c1-20-15-23(33)26(17-28(20)41-42(6,7)32(2,3)4)35-25-12-13-34-30-29(25)31(40-5)37-27-16-21(10-11-24(27)36-30)18-38-14-8-9-22(39)19-38/h10-13,15-17,22,31,37,39H,8-9,14,18-19H2,1-7H3,(H2,34,35,36)/t22-,31?/m1/s1. The van der Waals surface area contributed by atoms with E-state index in [4.69, 9.17) is 9.16 Å². The van der Waals surface area contributed by atoms with Gasteiger partial charge in [-0.25, -0.2) is 9.37 Å². The van der Waals surface area contributed by atoms with E-state index in [0.717, 1.165) is 54.0 Å². The number of ether oxygens (including phenoxy) is 1. The Labute approximate surface area is 249 Å². The molecule has 1 aromatic heterocycles. The lowest BCUT2D eigenvalue weighted by molar-refractivity contribution is 0.0668. The molecular formula is C32H44FN5O3Si. The molecule has 3 heterocycles. The summed E-state index contributed by atoms with van der Waals surface area (Å²) in [4.78, 5) is 6.90. The molecule has 0 radical (unpaired) electrons. The number of aryl methyl sites for hydroxylation is 1. The van der Waals surface area contributed by atoms with Gasteiger partial charge < -0.3 is 30.2 Å².